The molecule has 0 spiro atoms. The van der Waals surface area contributed by atoms with E-state index in [1.165, 1.54) is 0 Å². The first-order valence-corrected chi connectivity index (χ1v) is 10.2. The van der Waals surface area contributed by atoms with Crippen LogP contribution in [0.5, 0.6) is 5.75 Å². The number of nitrogens with one attached hydrogen (secondary N) is 1. The SMILES string of the molecule is C(=N/Nc1nnnn1-c1cccc2ccccc12)/c1ccc(OCc2ccccc2)cc1. The zero-order valence-corrected chi connectivity index (χ0v) is 17.2. The van der Waals surface area contributed by atoms with Crippen LogP contribution in [0.1, 0.15) is 11.1 Å². The van der Waals surface area contributed by atoms with Crippen LogP contribution in [0.25, 0.3) is 16.5 Å². The fourth-order valence-electron chi connectivity index (χ4n) is 3.37. The van der Waals surface area contributed by atoms with Crippen LogP contribution in [-0.2, 0) is 6.61 Å². The molecule has 5 rings (SSSR count). The number of hydrazone groups is 1. The average Bonchev–Trinajstić information content (AvgIpc) is 3.32. The molecule has 156 valence electrons. The standard InChI is InChI=1S/C25H20N6O/c1-2-7-20(8-3-1)18-32-22-15-13-19(14-16-22)17-26-27-25-28-29-30-31(25)24-12-6-10-21-9-4-5-11-23(21)24/h1-17H,18H2,(H,27,28,30)/b26-17-. The monoisotopic (exact) mass is 420 g/mol. The van der Waals surface area contributed by atoms with Gasteiger partial charge in [0.2, 0.25) is 0 Å². The lowest BCUT2D eigenvalue weighted by molar-refractivity contribution is 0.306. The van der Waals surface area contributed by atoms with Crippen molar-refractivity contribution in [2.45, 2.75) is 6.61 Å². The van der Waals surface area contributed by atoms with Crippen LogP contribution in [0.3, 0.4) is 0 Å². The molecule has 0 radical (unpaired) electrons. The molecule has 1 N–H and O–H groups in total. The van der Waals surface area contributed by atoms with Gasteiger partial charge < -0.3 is 4.74 Å². The summed E-state index contributed by atoms with van der Waals surface area (Å²) in [5.74, 6) is 1.24. The van der Waals surface area contributed by atoms with Gasteiger partial charge in [-0.2, -0.15) is 9.78 Å². The van der Waals surface area contributed by atoms with Crippen LogP contribution in [0.15, 0.2) is 102 Å². The van der Waals surface area contributed by atoms with Crippen molar-refractivity contribution < 1.29 is 4.74 Å². The molecule has 0 amide bonds. The highest BCUT2D eigenvalue weighted by molar-refractivity contribution is 5.90. The lowest BCUT2D eigenvalue weighted by Gasteiger charge is -2.07. The van der Waals surface area contributed by atoms with E-state index in [1.807, 2.05) is 84.9 Å². The molecule has 5 aromatic rings. The maximum absolute atomic E-state index is 5.82. The first kappa shape index (κ1) is 19.4. The molecule has 4 aromatic carbocycles. The van der Waals surface area contributed by atoms with E-state index in [0.717, 1.165) is 33.3 Å². The van der Waals surface area contributed by atoms with Crippen LogP contribution in [0.4, 0.5) is 5.95 Å². The Morgan fingerprint density at radius 1 is 0.844 bits per heavy atom. The smallest absolute Gasteiger partial charge is 0.268 e. The van der Waals surface area contributed by atoms with Crippen molar-refractivity contribution in [3.8, 4) is 11.4 Å². The minimum atomic E-state index is 0.431. The van der Waals surface area contributed by atoms with Gasteiger partial charge in [-0.05, 0) is 57.3 Å². The Morgan fingerprint density at radius 2 is 1.62 bits per heavy atom. The third-order valence-electron chi connectivity index (χ3n) is 4.97. The molecular weight excluding hydrogens is 400 g/mol. The molecule has 0 bridgehead atoms. The second kappa shape index (κ2) is 9.09. The van der Waals surface area contributed by atoms with E-state index in [2.05, 4.69) is 38.2 Å². The van der Waals surface area contributed by atoms with Crippen molar-refractivity contribution in [2.24, 2.45) is 5.10 Å². The summed E-state index contributed by atoms with van der Waals surface area (Å²) in [6.07, 6.45) is 1.71. The Bertz CT molecular complexity index is 1340. The van der Waals surface area contributed by atoms with E-state index in [-0.39, 0.29) is 0 Å². The summed E-state index contributed by atoms with van der Waals surface area (Å²) in [7, 11) is 0. The van der Waals surface area contributed by atoms with Gasteiger partial charge in [0, 0.05) is 5.39 Å². The van der Waals surface area contributed by atoms with Gasteiger partial charge in [0.25, 0.3) is 5.95 Å². The van der Waals surface area contributed by atoms with E-state index >= 15 is 0 Å². The van der Waals surface area contributed by atoms with Gasteiger partial charge in [0.1, 0.15) is 12.4 Å². The van der Waals surface area contributed by atoms with Crippen LogP contribution in [0, 0.1) is 0 Å². The molecule has 1 heterocycles. The number of aromatic nitrogens is 4. The van der Waals surface area contributed by atoms with E-state index in [9.17, 15) is 0 Å². The summed E-state index contributed by atoms with van der Waals surface area (Å²) in [5.41, 5.74) is 5.87. The highest BCUT2D eigenvalue weighted by Crippen LogP contribution is 2.23. The number of hydrogen-bond donors (Lipinski definition) is 1. The number of benzene rings is 4. The minimum Gasteiger partial charge on any atom is -0.489 e. The number of hydrogen-bond acceptors (Lipinski definition) is 6. The molecule has 0 fully saturated rings. The van der Waals surface area contributed by atoms with E-state index in [4.69, 9.17) is 4.74 Å². The fraction of sp³-hybridized carbons (Fsp3) is 0.0400. The molecule has 7 heteroatoms. The second-order valence-electron chi connectivity index (χ2n) is 7.13. The minimum absolute atomic E-state index is 0.431. The molecule has 32 heavy (non-hydrogen) atoms. The Balaban J connectivity index is 1.26. The van der Waals surface area contributed by atoms with Gasteiger partial charge in [-0.25, -0.2) is 5.43 Å². The Labute approximate surface area is 185 Å². The maximum Gasteiger partial charge on any atom is 0.268 e. The first-order chi connectivity index (χ1) is 15.9. The summed E-state index contributed by atoms with van der Waals surface area (Å²) in [6, 6.07) is 31.9. The third kappa shape index (κ3) is 4.32. The summed E-state index contributed by atoms with van der Waals surface area (Å²) in [4.78, 5) is 0. The number of nitrogens with zero attached hydrogens (tertiary/aromatic N) is 5. The highest BCUT2D eigenvalue weighted by atomic mass is 16.5. The predicted octanol–water partition coefficient (Wildman–Crippen LogP) is 4.84. The van der Waals surface area contributed by atoms with Crippen molar-refractivity contribution in [1.29, 1.82) is 0 Å². The van der Waals surface area contributed by atoms with Crippen molar-refractivity contribution in [1.82, 2.24) is 20.2 Å². The van der Waals surface area contributed by atoms with Crippen molar-refractivity contribution >= 4 is 22.9 Å². The van der Waals surface area contributed by atoms with Gasteiger partial charge in [-0.15, -0.1) is 0 Å². The molecule has 0 aliphatic rings. The number of rotatable bonds is 7. The van der Waals surface area contributed by atoms with Crippen molar-refractivity contribution in [3.05, 3.63) is 108 Å². The summed E-state index contributed by atoms with van der Waals surface area (Å²) in [6.45, 7) is 0.534. The summed E-state index contributed by atoms with van der Waals surface area (Å²) in [5, 5.41) is 18.4. The van der Waals surface area contributed by atoms with Gasteiger partial charge >= 0.3 is 0 Å². The number of fused-ring (bicyclic) bond motifs is 1. The molecule has 0 saturated heterocycles. The third-order valence-corrected chi connectivity index (χ3v) is 4.97. The molecule has 1 aromatic heterocycles. The molecular formula is C25H20N6O. The Morgan fingerprint density at radius 3 is 2.50 bits per heavy atom. The van der Waals surface area contributed by atoms with Crippen molar-refractivity contribution in [2.75, 3.05) is 5.43 Å². The summed E-state index contributed by atoms with van der Waals surface area (Å²) < 4.78 is 7.46. The zero-order valence-electron chi connectivity index (χ0n) is 17.2. The molecule has 0 saturated carbocycles. The van der Waals surface area contributed by atoms with Crippen LogP contribution >= 0.6 is 0 Å². The number of tetrazole rings is 1. The van der Waals surface area contributed by atoms with Gasteiger partial charge in [-0.1, -0.05) is 71.8 Å². The lowest BCUT2D eigenvalue weighted by atomic mass is 10.1. The zero-order chi connectivity index (χ0) is 21.6. The molecule has 0 unspecified atom stereocenters. The highest BCUT2D eigenvalue weighted by Gasteiger charge is 2.10. The van der Waals surface area contributed by atoms with Crippen LogP contribution in [-0.4, -0.2) is 26.4 Å². The normalized spacial score (nSPS) is 11.1. The quantitative estimate of drug-likeness (QED) is 0.301. The Kier molecular flexibility index (Phi) is 5.53. The second-order valence-corrected chi connectivity index (χ2v) is 7.13. The first-order valence-electron chi connectivity index (χ1n) is 10.2. The lowest BCUT2D eigenvalue weighted by Crippen LogP contribution is -2.04. The van der Waals surface area contributed by atoms with E-state index < -0.39 is 0 Å². The predicted molar refractivity (Wildman–Crippen MR) is 125 cm³/mol. The van der Waals surface area contributed by atoms with Gasteiger partial charge in [0.05, 0.1) is 11.9 Å². The topological polar surface area (TPSA) is 77.2 Å². The molecule has 0 atom stereocenters. The fourth-order valence-corrected chi connectivity index (χ4v) is 3.37. The van der Waals surface area contributed by atoms with Gasteiger partial charge in [0.15, 0.2) is 0 Å². The number of anilines is 1. The molecule has 0 aliphatic carbocycles. The van der Waals surface area contributed by atoms with Crippen LogP contribution in [0.2, 0.25) is 0 Å². The largest absolute Gasteiger partial charge is 0.489 e. The van der Waals surface area contributed by atoms with E-state index in [0.29, 0.717) is 12.6 Å². The molecule has 0 aliphatic heterocycles. The average molecular weight is 420 g/mol. The summed E-state index contributed by atoms with van der Waals surface area (Å²) >= 11 is 0. The number of ether oxygens (including phenoxy) is 1. The van der Waals surface area contributed by atoms with Crippen molar-refractivity contribution in [3.63, 3.8) is 0 Å². The van der Waals surface area contributed by atoms with E-state index in [1.54, 1.807) is 10.9 Å². The van der Waals surface area contributed by atoms with Crippen LogP contribution < -0.4 is 10.2 Å². The Hall–Kier alpha value is -4.52. The molecule has 7 nitrogen and oxygen atoms in total. The maximum atomic E-state index is 5.82. The van der Waals surface area contributed by atoms with Gasteiger partial charge in [-0.3, -0.25) is 0 Å².